The molecule has 74 valence electrons. The molecule has 0 atom stereocenters. The highest BCUT2D eigenvalue weighted by molar-refractivity contribution is 6.31. The van der Waals surface area contributed by atoms with E-state index >= 15 is 0 Å². The molecule has 0 aliphatic heterocycles. The highest BCUT2D eigenvalue weighted by Crippen LogP contribution is 2.31. The molecular weight excluding hydrogens is 198 g/mol. The van der Waals surface area contributed by atoms with Crippen LogP contribution in [0.3, 0.4) is 0 Å². The van der Waals surface area contributed by atoms with Gasteiger partial charge in [-0.2, -0.15) is 4.99 Å². The summed E-state index contributed by atoms with van der Waals surface area (Å²) in [4.78, 5) is 14.0. The van der Waals surface area contributed by atoms with Crippen LogP contribution in [0.5, 0.6) is 0 Å². The van der Waals surface area contributed by atoms with Crippen molar-refractivity contribution in [1.29, 1.82) is 0 Å². The fourth-order valence-corrected chi connectivity index (χ4v) is 1.75. The average molecular weight is 210 g/mol. The summed E-state index contributed by atoms with van der Waals surface area (Å²) in [7, 11) is 0. The van der Waals surface area contributed by atoms with Crippen LogP contribution in [0.4, 0.5) is 5.69 Å². The molecule has 14 heavy (non-hydrogen) atoms. The zero-order valence-corrected chi connectivity index (χ0v) is 9.06. The fraction of sp³-hybridized carbons (Fsp3) is 0.364. The lowest BCUT2D eigenvalue weighted by Crippen LogP contribution is -1.89. The zero-order chi connectivity index (χ0) is 10.6. The Morgan fingerprint density at radius 3 is 2.57 bits per heavy atom. The predicted molar refractivity (Wildman–Crippen MR) is 58.0 cm³/mol. The number of hydrogen-bond donors (Lipinski definition) is 0. The van der Waals surface area contributed by atoms with Gasteiger partial charge in [-0.3, -0.25) is 0 Å². The summed E-state index contributed by atoms with van der Waals surface area (Å²) >= 11 is 6.00. The molecule has 0 bridgehead atoms. The van der Waals surface area contributed by atoms with Crippen molar-refractivity contribution < 1.29 is 4.79 Å². The summed E-state index contributed by atoms with van der Waals surface area (Å²) < 4.78 is 0. The second-order valence-corrected chi connectivity index (χ2v) is 3.35. The van der Waals surface area contributed by atoms with Gasteiger partial charge in [-0.05, 0) is 30.0 Å². The van der Waals surface area contributed by atoms with E-state index in [9.17, 15) is 4.79 Å². The number of isocyanates is 1. The first kappa shape index (κ1) is 11.0. The summed E-state index contributed by atoms with van der Waals surface area (Å²) in [5.74, 6) is 0. The van der Waals surface area contributed by atoms with Crippen LogP contribution in [-0.4, -0.2) is 6.08 Å². The van der Waals surface area contributed by atoms with Gasteiger partial charge in [-0.15, -0.1) is 0 Å². The lowest BCUT2D eigenvalue weighted by atomic mass is 10.0. The van der Waals surface area contributed by atoms with Crippen molar-refractivity contribution in [2.24, 2.45) is 4.99 Å². The molecule has 0 saturated heterocycles. The van der Waals surface area contributed by atoms with Gasteiger partial charge in [-0.1, -0.05) is 31.5 Å². The molecule has 0 radical (unpaired) electrons. The first-order chi connectivity index (χ1) is 6.74. The van der Waals surface area contributed by atoms with Crippen molar-refractivity contribution in [3.63, 3.8) is 0 Å². The number of rotatable bonds is 3. The third-order valence-corrected chi connectivity index (χ3v) is 2.56. The smallest absolute Gasteiger partial charge is 0.211 e. The monoisotopic (exact) mass is 209 g/mol. The lowest BCUT2D eigenvalue weighted by Gasteiger charge is -2.08. The highest BCUT2D eigenvalue weighted by Gasteiger charge is 2.08. The third-order valence-electron chi connectivity index (χ3n) is 2.20. The first-order valence-electron chi connectivity index (χ1n) is 4.62. The van der Waals surface area contributed by atoms with E-state index < -0.39 is 0 Å². The normalized spacial score (nSPS) is 9.64. The molecule has 0 N–H and O–H groups in total. The number of nitrogens with zero attached hydrogens (tertiary/aromatic N) is 1. The van der Waals surface area contributed by atoms with Gasteiger partial charge in [0.25, 0.3) is 0 Å². The second-order valence-electron chi connectivity index (χ2n) is 2.94. The van der Waals surface area contributed by atoms with Crippen molar-refractivity contribution in [2.75, 3.05) is 0 Å². The molecule has 0 spiro atoms. The van der Waals surface area contributed by atoms with Gasteiger partial charge in [0.05, 0.1) is 5.69 Å². The molecule has 0 unspecified atom stereocenters. The summed E-state index contributed by atoms with van der Waals surface area (Å²) in [6.07, 6.45) is 3.19. The maximum absolute atomic E-state index is 10.3. The van der Waals surface area contributed by atoms with Crippen LogP contribution in [0.25, 0.3) is 0 Å². The number of halogens is 1. The molecule has 0 heterocycles. The Kier molecular flexibility index (Phi) is 3.87. The highest BCUT2D eigenvalue weighted by atomic mass is 35.5. The van der Waals surface area contributed by atoms with E-state index in [1.54, 1.807) is 6.08 Å². The number of benzene rings is 1. The second kappa shape index (κ2) is 4.94. The minimum absolute atomic E-state index is 0.665. The van der Waals surface area contributed by atoms with E-state index in [0.717, 1.165) is 24.0 Å². The van der Waals surface area contributed by atoms with Crippen LogP contribution in [0.2, 0.25) is 5.02 Å². The minimum Gasteiger partial charge on any atom is -0.211 e. The van der Waals surface area contributed by atoms with E-state index in [4.69, 9.17) is 11.6 Å². The maximum atomic E-state index is 10.3. The SMILES string of the molecule is CCc1ccc(Cl)c(CC)c1N=C=O. The average Bonchev–Trinajstić information content (AvgIpc) is 2.19. The van der Waals surface area contributed by atoms with Crippen molar-refractivity contribution in [3.05, 3.63) is 28.3 Å². The summed E-state index contributed by atoms with van der Waals surface area (Å²) in [6.45, 7) is 4.01. The zero-order valence-electron chi connectivity index (χ0n) is 8.30. The Balaban J connectivity index is 3.43. The Hall–Kier alpha value is -1.11. The van der Waals surface area contributed by atoms with Gasteiger partial charge < -0.3 is 0 Å². The Labute approximate surface area is 88.6 Å². The molecule has 3 heteroatoms. The van der Waals surface area contributed by atoms with Gasteiger partial charge in [0.15, 0.2) is 0 Å². The van der Waals surface area contributed by atoms with Crippen LogP contribution in [0.15, 0.2) is 17.1 Å². The summed E-state index contributed by atoms with van der Waals surface area (Å²) in [5, 5.41) is 0.665. The molecule has 1 rings (SSSR count). The van der Waals surface area contributed by atoms with Gasteiger partial charge in [0, 0.05) is 5.02 Å². The largest absolute Gasteiger partial charge is 0.240 e. The quantitative estimate of drug-likeness (QED) is 0.554. The molecule has 0 aliphatic rings. The first-order valence-corrected chi connectivity index (χ1v) is 5.00. The molecule has 0 aliphatic carbocycles. The maximum Gasteiger partial charge on any atom is 0.240 e. The van der Waals surface area contributed by atoms with Gasteiger partial charge in [-0.25, -0.2) is 4.79 Å². The third kappa shape index (κ3) is 2.03. The van der Waals surface area contributed by atoms with Crippen LogP contribution < -0.4 is 0 Å². The Morgan fingerprint density at radius 1 is 1.36 bits per heavy atom. The van der Waals surface area contributed by atoms with Gasteiger partial charge >= 0.3 is 0 Å². The van der Waals surface area contributed by atoms with Crippen molar-refractivity contribution >= 4 is 23.4 Å². The minimum atomic E-state index is 0.665. The van der Waals surface area contributed by atoms with Crippen molar-refractivity contribution in [2.45, 2.75) is 26.7 Å². The molecule has 0 fully saturated rings. The van der Waals surface area contributed by atoms with Crippen molar-refractivity contribution in [1.82, 2.24) is 0 Å². The van der Waals surface area contributed by atoms with E-state index in [-0.39, 0.29) is 0 Å². The van der Waals surface area contributed by atoms with E-state index in [2.05, 4.69) is 4.99 Å². The van der Waals surface area contributed by atoms with E-state index in [0.29, 0.717) is 10.7 Å². The van der Waals surface area contributed by atoms with Crippen LogP contribution in [0, 0.1) is 0 Å². The summed E-state index contributed by atoms with van der Waals surface area (Å²) in [5.41, 5.74) is 2.65. The summed E-state index contributed by atoms with van der Waals surface area (Å²) in [6, 6.07) is 3.75. The Bertz CT molecular complexity index is 381. The molecule has 1 aromatic rings. The van der Waals surface area contributed by atoms with E-state index in [1.807, 2.05) is 26.0 Å². The molecule has 1 aromatic carbocycles. The molecule has 0 aromatic heterocycles. The molecule has 2 nitrogen and oxygen atoms in total. The predicted octanol–water partition coefficient (Wildman–Crippen LogP) is 3.43. The number of aryl methyl sites for hydroxylation is 1. The van der Waals surface area contributed by atoms with Crippen molar-refractivity contribution in [3.8, 4) is 0 Å². The van der Waals surface area contributed by atoms with E-state index in [1.165, 1.54) is 0 Å². The molecule has 0 saturated carbocycles. The number of aliphatic imine (C=N–C) groups is 1. The lowest BCUT2D eigenvalue weighted by molar-refractivity contribution is 0.565. The molecule has 0 amide bonds. The van der Waals surface area contributed by atoms with Crippen LogP contribution in [-0.2, 0) is 17.6 Å². The van der Waals surface area contributed by atoms with Gasteiger partial charge in [0.2, 0.25) is 6.08 Å². The molecular formula is C11H12ClNO. The topological polar surface area (TPSA) is 29.4 Å². The standard InChI is InChI=1S/C11H12ClNO/c1-3-8-5-6-10(12)9(4-2)11(8)13-7-14/h5-6H,3-4H2,1-2H3. The number of carbonyl (C=O) groups excluding carboxylic acids is 1. The van der Waals surface area contributed by atoms with Crippen LogP contribution in [0.1, 0.15) is 25.0 Å². The Morgan fingerprint density at radius 2 is 2.07 bits per heavy atom. The van der Waals surface area contributed by atoms with Gasteiger partial charge in [0.1, 0.15) is 0 Å². The van der Waals surface area contributed by atoms with Crippen LogP contribution >= 0.6 is 11.6 Å². The number of hydrogen-bond acceptors (Lipinski definition) is 2. The fourth-order valence-electron chi connectivity index (χ4n) is 1.47.